The van der Waals surface area contributed by atoms with Crippen LogP contribution >= 0.6 is 0 Å². The van der Waals surface area contributed by atoms with Crippen LogP contribution in [-0.4, -0.2) is 30.3 Å². The van der Waals surface area contributed by atoms with Gasteiger partial charge in [0, 0.05) is 18.7 Å². The lowest BCUT2D eigenvalue weighted by atomic mass is 10.1. The summed E-state index contributed by atoms with van der Waals surface area (Å²) in [6, 6.07) is 2.85. The molecule has 1 aromatic carbocycles. The van der Waals surface area contributed by atoms with Crippen LogP contribution in [0.1, 0.15) is 19.3 Å². The minimum absolute atomic E-state index is 0.00882. The van der Waals surface area contributed by atoms with E-state index in [0.29, 0.717) is 18.4 Å². The first kappa shape index (κ1) is 14.7. The molecular weight excluding hydrogens is 268 g/mol. The van der Waals surface area contributed by atoms with Crippen LogP contribution in [0.4, 0.5) is 8.78 Å². The fraction of sp³-hybridized carbons (Fsp3) is 0.500. The van der Waals surface area contributed by atoms with E-state index in [4.69, 9.17) is 9.84 Å². The number of aliphatic hydroxyl groups is 1. The monoisotopic (exact) mass is 285 g/mol. The molecule has 1 aliphatic carbocycles. The topological polar surface area (TPSA) is 58.6 Å². The van der Waals surface area contributed by atoms with Gasteiger partial charge in [-0.3, -0.25) is 4.79 Å². The molecule has 1 amide bonds. The molecule has 6 heteroatoms. The summed E-state index contributed by atoms with van der Waals surface area (Å²) >= 11 is 0. The van der Waals surface area contributed by atoms with Crippen molar-refractivity contribution in [3.8, 4) is 5.75 Å². The molecule has 1 unspecified atom stereocenters. The Bertz CT molecular complexity index is 477. The van der Waals surface area contributed by atoms with E-state index in [1.165, 1.54) is 0 Å². The molecule has 1 fully saturated rings. The molecule has 4 nitrogen and oxygen atoms in total. The number of amides is 1. The third-order valence-corrected chi connectivity index (χ3v) is 3.23. The second-order valence-corrected chi connectivity index (χ2v) is 4.89. The van der Waals surface area contributed by atoms with E-state index in [2.05, 4.69) is 5.32 Å². The summed E-state index contributed by atoms with van der Waals surface area (Å²) in [5.41, 5.74) is 0. The Kier molecular flexibility index (Phi) is 4.89. The first-order valence-corrected chi connectivity index (χ1v) is 6.58. The van der Waals surface area contributed by atoms with Gasteiger partial charge >= 0.3 is 0 Å². The Labute approximate surface area is 115 Å². The zero-order chi connectivity index (χ0) is 14.5. The Balaban J connectivity index is 1.82. The van der Waals surface area contributed by atoms with Crippen molar-refractivity contribution in [2.75, 3.05) is 13.2 Å². The quantitative estimate of drug-likeness (QED) is 0.800. The van der Waals surface area contributed by atoms with Gasteiger partial charge in [-0.05, 0) is 37.3 Å². The molecule has 0 aliphatic heterocycles. The molecule has 1 saturated carbocycles. The minimum atomic E-state index is -0.841. The molecule has 2 N–H and O–H groups in total. The maximum absolute atomic E-state index is 13.3. The van der Waals surface area contributed by atoms with E-state index in [1.54, 1.807) is 0 Å². The first-order chi connectivity index (χ1) is 9.60. The van der Waals surface area contributed by atoms with Crippen LogP contribution in [0, 0.1) is 17.6 Å². The van der Waals surface area contributed by atoms with Gasteiger partial charge in [0.1, 0.15) is 5.82 Å². The van der Waals surface area contributed by atoms with Gasteiger partial charge in [0.15, 0.2) is 18.2 Å². The molecule has 0 saturated heterocycles. The van der Waals surface area contributed by atoms with E-state index < -0.39 is 11.6 Å². The van der Waals surface area contributed by atoms with Crippen LogP contribution < -0.4 is 10.1 Å². The highest BCUT2D eigenvalue weighted by Crippen LogP contribution is 2.33. The molecule has 1 atom stereocenters. The maximum Gasteiger partial charge on any atom is 0.258 e. The molecule has 0 radical (unpaired) electrons. The summed E-state index contributed by atoms with van der Waals surface area (Å²) in [6.07, 6.45) is 2.58. The molecule has 0 spiro atoms. The minimum Gasteiger partial charge on any atom is -0.481 e. The summed E-state index contributed by atoms with van der Waals surface area (Å²) in [7, 11) is 0. The number of halogens is 2. The lowest BCUT2D eigenvalue weighted by molar-refractivity contribution is -0.124. The molecule has 1 aliphatic rings. The van der Waals surface area contributed by atoms with Crippen molar-refractivity contribution in [2.24, 2.45) is 5.92 Å². The SMILES string of the molecule is O=C(COc1ccc(F)cc1F)NC(CCO)C1CC1. The summed E-state index contributed by atoms with van der Waals surface area (Å²) < 4.78 is 31.0. The average molecular weight is 285 g/mol. The smallest absolute Gasteiger partial charge is 0.258 e. The molecule has 20 heavy (non-hydrogen) atoms. The number of nitrogens with one attached hydrogen (secondary N) is 1. The Morgan fingerprint density at radius 2 is 2.20 bits per heavy atom. The van der Waals surface area contributed by atoms with Crippen LogP contribution in [0.25, 0.3) is 0 Å². The van der Waals surface area contributed by atoms with Crippen molar-refractivity contribution in [1.29, 1.82) is 0 Å². The number of aliphatic hydroxyl groups excluding tert-OH is 1. The van der Waals surface area contributed by atoms with Crippen molar-refractivity contribution in [3.63, 3.8) is 0 Å². The predicted molar refractivity (Wildman–Crippen MR) is 68.2 cm³/mol. The van der Waals surface area contributed by atoms with Gasteiger partial charge in [-0.25, -0.2) is 8.78 Å². The number of carbonyl (C=O) groups is 1. The van der Waals surface area contributed by atoms with E-state index in [0.717, 1.165) is 25.0 Å². The predicted octanol–water partition coefficient (Wildman–Crippen LogP) is 1.62. The second kappa shape index (κ2) is 6.65. The lowest BCUT2D eigenvalue weighted by Crippen LogP contribution is -2.39. The number of benzene rings is 1. The molecule has 0 aromatic heterocycles. The van der Waals surface area contributed by atoms with E-state index in [9.17, 15) is 13.6 Å². The zero-order valence-corrected chi connectivity index (χ0v) is 10.9. The van der Waals surface area contributed by atoms with Gasteiger partial charge in [0.25, 0.3) is 5.91 Å². The summed E-state index contributed by atoms with van der Waals surface area (Å²) in [4.78, 5) is 11.7. The van der Waals surface area contributed by atoms with Gasteiger partial charge in [0.05, 0.1) is 0 Å². The van der Waals surface area contributed by atoms with E-state index in [-0.39, 0.29) is 30.9 Å². The maximum atomic E-state index is 13.3. The van der Waals surface area contributed by atoms with Crippen LogP contribution in [0.3, 0.4) is 0 Å². The fourth-order valence-corrected chi connectivity index (χ4v) is 2.05. The van der Waals surface area contributed by atoms with Crippen molar-refractivity contribution < 1.29 is 23.4 Å². The Morgan fingerprint density at radius 3 is 2.80 bits per heavy atom. The average Bonchev–Trinajstić information content (AvgIpc) is 3.21. The van der Waals surface area contributed by atoms with Gasteiger partial charge in [-0.2, -0.15) is 0 Å². The first-order valence-electron chi connectivity index (χ1n) is 6.58. The molecule has 0 bridgehead atoms. The summed E-state index contributed by atoms with van der Waals surface area (Å²) in [5, 5.41) is 11.7. The molecule has 110 valence electrons. The van der Waals surface area contributed by atoms with Gasteiger partial charge in [0.2, 0.25) is 0 Å². The standard InChI is InChI=1S/C14H17F2NO3/c15-10-3-4-13(11(16)7-10)20-8-14(19)17-12(5-6-18)9-1-2-9/h3-4,7,9,12,18H,1-2,5-6,8H2,(H,17,19). The number of hydrogen-bond acceptors (Lipinski definition) is 3. The fourth-order valence-electron chi connectivity index (χ4n) is 2.05. The van der Waals surface area contributed by atoms with Crippen molar-refractivity contribution in [3.05, 3.63) is 29.8 Å². The van der Waals surface area contributed by atoms with Gasteiger partial charge in [-0.1, -0.05) is 0 Å². The van der Waals surface area contributed by atoms with Crippen molar-refractivity contribution >= 4 is 5.91 Å². The highest BCUT2D eigenvalue weighted by atomic mass is 19.1. The third-order valence-electron chi connectivity index (χ3n) is 3.23. The molecule has 0 heterocycles. The highest BCUT2D eigenvalue weighted by Gasteiger charge is 2.31. The van der Waals surface area contributed by atoms with E-state index >= 15 is 0 Å². The van der Waals surface area contributed by atoms with Crippen LogP contribution in [0.5, 0.6) is 5.75 Å². The number of rotatable bonds is 7. The van der Waals surface area contributed by atoms with E-state index in [1.807, 2.05) is 0 Å². The van der Waals surface area contributed by atoms with Crippen LogP contribution in [-0.2, 0) is 4.79 Å². The Morgan fingerprint density at radius 1 is 1.45 bits per heavy atom. The third kappa shape index (κ3) is 4.16. The second-order valence-electron chi connectivity index (χ2n) is 4.89. The lowest BCUT2D eigenvalue weighted by Gasteiger charge is -2.17. The molecule has 1 aromatic rings. The number of ether oxygens (including phenoxy) is 1. The number of hydrogen-bond donors (Lipinski definition) is 2. The highest BCUT2D eigenvalue weighted by molar-refractivity contribution is 5.77. The van der Waals surface area contributed by atoms with Gasteiger partial charge in [-0.15, -0.1) is 0 Å². The molecular formula is C14H17F2NO3. The van der Waals surface area contributed by atoms with Crippen LogP contribution in [0.15, 0.2) is 18.2 Å². The molecule has 2 rings (SSSR count). The summed E-state index contributed by atoms with van der Waals surface area (Å²) in [5.74, 6) is -1.66. The van der Waals surface area contributed by atoms with Crippen molar-refractivity contribution in [2.45, 2.75) is 25.3 Å². The number of carbonyl (C=O) groups excluding carboxylic acids is 1. The zero-order valence-electron chi connectivity index (χ0n) is 10.9. The normalized spacial score (nSPS) is 15.8. The Hall–Kier alpha value is -1.69. The summed E-state index contributed by atoms with van der Waals surface area (Å²) in [6.45, 7) is -0.327. The van der Waals surface area contributed by atoms with Crippen LogP contribution in [0.2, 0.25) is 0 Å². The van der Waals surface area contributed by atoms with Gasteiger partial charge < -0.3 is 15.2 Å². The largest absolute Gasteiger partial charge is 0.481 e. The van der Waals surface area contributed by atoms with Crippen molar-refractivity contribution in [1.82, 2.24) is 5.32 Å².